The number of hydrogen-bond acceptors (Lipinski definition) is 2. The molecule has 17 heavy (non-hydrogen) atoms. The minimum absolute atomic E-state index is 0.0702. The van der Waals surface area contributed by atoms with Gasteiger partial charge in [0.15, 0.2) is 0 Å². The number of aryl methyl sites for hydroxylation is 1. The second-order valence-corrected chi connectivity index (χ2v) is 4.18. The third-order valence-corrected chi connectivity index (χ3v) is 2.61. The SMILES string of the molecule is Cc1cccc(C(=O)NC(C)CCCO)c1F. The minimum Gasteiger partial charge on any atom is -0.396 e. The van der Waals surface area contributed by atoms with Crippen LogP contribution in [0.25, 0.3) is 0 Å². The minimum atomic E-state index is -0.473. The van der Waals surface area contributed by atoms with Crippen molar-refractivity contribution in [3.63, 3.8) is 0 Å². The number of amides is 1. The maximum absolute atomic E-state index is 13.7. The summed E-state index contributed by atoms with van der Waals surface area (Å²) in [7, 11) is 0. The van der Waals surface area contributed by atoms with Gasteiger partial charge in [-0.2, -0.15) is 0 Å². The Bertz CT molecular complexity index is 393. The molecule has 94 valence electrons. The average Bonchev–Trinajstić information content (AvgIpc) is 2.29. The standard InChI is InChI=1S/C13H18FNO2/c1-9-5-3-7-11(12(9)14)13(17)15-10(2)6-4-8-16/h3,5,7,10,16H,4,6,8H2,1-2H3,(H,15,17). The summed E-state index contributed by atoms with van der Waals surface area (Å²) in [4.78, 5) is 11.8. The molecule has 1 unspecified atom stereocenters. The van der Waals surface area contributed by atoms with E-state index in [0.29, 0.717) is 18.4 Å². The second kappa shape index (κ2) is 6.35. The zero-order chi connectivity index (χ0) is 12.8. The number of aliphatic hydroxyl groups excluding tert-OH is 1. The first-order valence-electron chi connectivity index (χ1n) is 5.73. The van der Waals surface area contributed by atoms with Gasteiger partial charge in [0.05, 0.1) is 5.56 Å². The third-order valence-electron chi connectivity index (χ3n) is 2.61. The lowest BCUT2D eigenvalue weighted by Crippen LogP contribution is -2.33. The van der Waals surface area contributed by atoms with E-state index in [4.69, 9.17) is 5.11 Å². The van der Waals surface area contributed by atoms with Crippen LogP contribution >= 0.6 is 0 Å². The van der Waals surface area contributed by atoms with Crippen molar-refractivity contribution >= 4 is 5.91 Å². The van der Waals surface area contributed by atoms with Crippen molar-refractivity contribution in [2.75, 3.05) is 6.61 Å². The molecule has 0 radical (unpaired) electrons. The molecule has 1 amide bonds. The summed E-state index contributed by atoms with van der Waals surface area (Å²) in [6.45, 7) is 3.56. The molecule has 0 aliphatic rings. The summed E-state index contributed by atoms with van der Waals surface area (Å²) in [5.74, 6) is -0.879. The summed E-state index contributed by atoms with van der Waals surface area (Å²) >= 11 is 0. The molecule has 0 spiro atoms. The lowest BCUT2D eigenvalue weighted by molar-refractivity contribution is 0.0932. The molecule has 2 N–H and O–H groups in total. The van der Waals surface area contributed by atoms with Crippen molar-refractivity contribution in [3.8, 4) is 0 Å². The van der Waals surface area contributed by atoms with E-state index in [1.165, 1.54) is 6.07 Å². The van der Waals surface area contributed by atoms with E-state index in [0.717, 1.165) is 0 Å². The molecule has 0 heterocycles. The van der Waals surface area contributed by atoms with E-state index in [-0.39, 0.29) is 18.2 Å². The van der Waals surface area contributed by atoms with Crippen LogP contribution < -0.4 is 5.32 Å². The Hall–Kier alpha value is -1.42. The van der Waals surface area contributed by atoms with Crippen molar-refractivity contribution < 1.29 is 14.3 Å². The second-order valence-electron chi connectivity index (χ2n) is 4.18. The van der Waals surface area contributed by atoms with E-state index in [1.807, 2.05) is 6.92 Å². The molecule has 0 saturated carbocycles. The van der Waals surface area contributed by atoms with Gasteiger partial charge in [0.1, 0.15) is 5.82 Å². The van der Waals surface area contributed by atoms with E-state index in [9.17, 15) is 9.18 Å². The highest BCUT2D eigenvalue weighted by molar-refractivity contribution is 5.94. The van der Waals surface area contributed by atoms with Gasteiger partial charge in [-0.25, -0.2) is 4.39 Å². The molecule has 1 atom stereocenters. The molecule has 0 aliphatic carbocycles. The van der Waals surface area contributed by atoms with Crippen molar-refractivity contribution in [1.82, 2.24) is 5.32 Å². The number of carbonyl (C=O) groups is 1. The van der Waals surface area contributed by atoms with Crippen LogP contribution in [0.5, 0.6) is 0 Å². The zero-order valence-corrected chi connectivity index (χ0v) is 10.2. The number of carbonyl (C=O) groups excluding carboxylic acids is 1. The van der Waals surface area contributed by atoms with E-state index in [2.05, 4.69) is 5.32 Å². The third kappa shape index (κ3) is 3.82. The Balaban J connectivity index is 2.67. The maximum Gasteiger partial charge on any atom is 0.254 e. The van der Waals surface area contributed by atoms with Crippen LogP contribution in [-0.2, 0) is 0 Å². The molecule has 1 rings (SSSR count). The molecule has 1 aromatic carbocycles. The van der Waals surface area contributed by atoms with Gasteiger partial charge in [0, 0.05) is 12.6 Å². The molecule has 1 aromatic rings. The summed E-state index contributed by atoms with van der Waals surface area (Å²) < 4.78 is 13.7. The highest BCUT2D eigenvalue weighted by Crippen LogP contribution is 2.12. The molecule has 3 nitrogen and oxygen atoms in total. The molecule has 0 aromatic heterocycles. The maximum atomic E-state index is 13.7. The van der Waals surface area contributed by atoms with Gasteiger partial charge in [-0.1, -0.05) is 12.1 Å². The first-order chi connectivity index (χ1) is 8.06. The summed E-state index contributed by atoms with van der Waals surface area (Å²) in [5.41, 5.74) is 0.529. The number of hydrogen-bond donors (Lipinski definition) is 2. The Morgan fingerprint density at radius 1 is 1.53 bits per heavy atom. The lowest BCUT2D eigenvalue weighted by atomic mass is 10.1. The van der Waals surface area contributed by atoms with Gasteiger partial charge in [-0.15, -0.1) is 0 Å². The quantitative estimate of drug-likeness (QED) is 0.826. The number of aliphatic hydroxyl groups is 1. The van der Waals surface area contributed by atoms with Crippen LogP contribution in [-0.4, -0.2) is 23.7 Å². The largest absolute Gasteiger partial charge is 0.396 e. The van der Waals surface area contributed by atoms with Crippen LogP contribution in [0.1, 0.15) is 35.7 Å². The fourth-order valence-electron chi connectivity index (χ4n) is 1.59. The van der Waals surface area contributed by atoms with E-state index >= 15 is 0 Å². The van der Waals surface area contributed by atoms with Crippen molar-refractivity contribution in [2.24, 2.45) is 0 Å². The van der Waals surface area contributed by atoms with Gasteiger partial charge in [-0.3, -0.25) is 4.79 Å². The molecule has 0 fully saturated rings. The Kier molecular flexibility index (Phi) is 5.10. The fraction of sp³-hybridized carbons (Fsp3) is 0.462. The van der Waals surface area contributed by atoms with E-state index in [1.54, 1.807) is 19.1 Å². The number of benzene rings is 1. The van der Waals surface area contributed by atoms with Crippen LogP contribution in [0.4, 0.5) is 4.39 Å². The van der Waals surface area contributed by atoms with Crippen LogP contribution in [0, 0.1) is 12.7 Å². The molecule has 4 heteroatoms. The lowest BCUT2D eigenvalue weighted by Gasteiger charge is -2.13. The Morgan fingerprint density at radius 3 is 2.88 bits per heavy atom. The van der Waals surface area contributed by atoms with Crippen LogP contribution in [0.3, 0.4) is 0 Å². The average molecular weight is 239 g/mol. The Labute approximate surface area is 101 Å². The highest BCUT2D eigenvalue weighted by atomic mass is 19.1. The summed E-state index contributed by atoms with van der Waals surface area (Å²) in [6, 6.07) is 4.68. The van der Waals surface area contributed by atoms with Gasteiger partial charge < -0.3 is 10.4 Å². The topological polar surface area (TPSA) is 49.3 Å². The molecular weight excluding hydrogens is 221 g/mol. The van der Waals surface area contributed by atoms with Gasteiger partial charge in [-0.05, 0) is 38.3 Å². The van der Waals surface area contributed by atoms with Crippen molar-refractivity contribution in [2.45, 2.75) is 32.7 Å². The van der Waals surface area contributed by atoms with Gasteiger partial charge >= 0.3 is 0 Å². The fourth-order valence-corrected chi connectivity index (χ4v) is 1.59. The molecule has 0 aliphatic heterocycles. The van der Waals surface area contributed by atoms with E-state index < -0.39 is 11.7 Å². The smallest absolute Gasteiger partial charge is 0.254 e. The molecule has 0 bridgehead atoms. The normalized spacial score (nSPS) is 12.2. The Morgan fingerprint density at radius 2 is 2.24 bits per heavy atom. The zero-order valence-electron chi connectivity index (χ0n) is 10.2. The summed E-state index contributed by atoms with van der Waals surface area (Å²) in [5, 5.41) is 11.4. The van der Waals surface area contributed by atoms with Crippen LogP contribution in [0.15, 0.2) is 18.2 Å². The van der Waals surface area contributed by atoms with Gasteiger partial charge in [0.2, 0.25) is 0 Å². The first kappa shape index (κ1) is 13.6. The monoisotopic (exact) mass is 239 g/mol. The van der Waals surface area contributed by atoms with Crippen molar-refractivity contribution in [1.29, 1.82) is 0 Å². The molecule has 0 saturated heterocycles. The van der Waals surface area contributed by atoms with Crippen LogP contribution in [0.2, 0.25) is 0 Å². The predicted octanol–water partition coefficient (Wildman–Crippen LogP) is 2.02. The number of halogens is 1. The predicted molar refractivity (Wildman–Crippen MR) is 64.4 cm³/mol. The number of rotatable bonds is 5. The van der Waals surface area contributed by atoms with Crippen molar-refractivity contribution in [3.05, 3.63) is 35.1 Å². The summed E-state index contributed by atoms with van der Waals surface area (Å²) in [6.07, 6.45) is 1.30. The highest BCUT2D eigenvalue weighted by Gasteiger charge is 2.14. The molecular formula is C13H18FNO2. The first-order valence-corrected chi connectivity index (χ1v) is 5.73. The van der Waals surface area contributed by atoms with Gasteiger partial charge in [0.25, 0.3) is 5.91 Å². The number of nitrogens with one attached hydrogen (secondary N) is 1.